The first kappa shape index (κ1) is 18.7. The molecule has 3 heterocycles. The molecule has 6 rings (SSSR count). The van der Waals surface area contributed by atoms with Crippen molar-refractivity contribution in [3.8, 4) is 0 Å². The Balaban J connectivity index is 1.21. The number of fused-ring (bicyclic) bond motifs is 3. The van der Waals surface area contributed by atoms with Crippen LogP contribution in [0, 0.1) is 0 Å². The van der Waals surface area contributed by atoms with Crippen molar-refractivity contribution >= 4 is 40.0 Å². The first-order valence-electron chi connectivity index (χ1n) is 10.4. The van der Waals surface area contributed by atoms with Gasteiger partial charge in [0.25, 0.3) is 5.91 Å². The van der Waals surface area contributed by atoms with Crippen LogP contribution in [0.25, 0.3) is 5.57 Å². The predicted molar refractivity (Wildman–Crippen MR) is 120 cm³/mol. The van der Waals surface area contributed by atoms with Crippen LogP contribution in [0.1, 0.15) is 41.5 Å². The number of carbonyl (C=O) groups is 1. The fraction of sp³-hybridized carbons (Fsp3) is 0.333. The number of aliphatic imine (C=N–C) groups is 1. The van der Waals surface area contributed by atoms with Crippen LogP contribution >= 0.6 is 23.4 Å². The Morgan fingerprint density at radius 1 is 1.07 bits per heavy atom. The number of nitrogens with zero attached hydrogens (tertiary/aromatic N) is 2. The van der Waals surface area contributed by atoms with Gasteiger partial charge in [-0.05, 0) is 77.4 Å². The quantitative estimate of drug-likeness (QED) is 0.536. The van der Waals surface area contributed by atoms with Gasteiger partial charge in [0, 0.05) is 18.1 Å². The molecule has 0 N–H and O–H groups in total. The molecule has 0 saturated carbocycles. The molecule has 0 atom stereocenters. The van der Waals surface area contributed by atoms with Gasteiger partial charge in [-0.15, -0.1) is 0 Å². The fourth-order valence-electron chi connectivity index (χ4n) is 5.17. The smallest absolute Gasteiger partial charge is 0.286 e. The van der Waals surface area contributed by atoms with Gasteiger partial charge in [-0.1, -0.05) is 41.9 Å². The van der Waals surface area contributed by atoms with Gasteiger partial charge in [-0.25, -0.2) is 0 Å². The first-order chi connectivity index (χ1) is 14.6. The molecule has 152 valence electrons. The maximum Gasteiger partial charge on any atom is 0.286 e. The number of hydrogen-bond acceptors (Lipinski definition) is 4. The molecule has 6 heteroatoms. The van der Waals surface area contributed by atoms with E-state index in [1.807, 2.05) is 18.2 Å². The Bertz CT molecular complexity index is 1130. The number of ether oxygens (including phenoxy) is 1. The van der Waals surface area contributed by atoms with Crippen LogP contribution in [0.15, 0.2) is 52.4 Å². The van der Waals surface area contributed by atoms with E-state index in [0.717, 1.165) is 65.0 Å². The largest absolute Gasteiger partial charge is 0.365 e. The number of halogens is 1. The molecule has 4 aliphatic rings. The van der Waals surface area contributed by atoms with Crippen molar-refractivity contribution in [3.05, 3.63) is 74.6 Å². The third-order valence-corrected chi connectivity index (χ3v) is 8.14. The first-order valence-corrected chi connectivity index (χ1v) is 11.6. The van der Waals surface area contributed by atoms with Gasteiger partial charge in [0.05, 0.1) is 17.1 Å². The van der Waals surface area contributed by atoms with E-state index in [0.29, 0.717) is 6.61 Å². The summed E-state index contributed by atoms with van der Waals surface area (Å²) in [4.78, 5) is 20.2. The average molecular weight is 437 g/mol. The number of thioether (sulfide) groups is 1. The average Bonchev–Trinajstić information content (AvgIpc) is 3.45. The minimum Gasteiger partial charge on any atom is -0.365 e. The Morgan fingerprint density at radius 2 is 1.90 bits per heavy atom. The summed E-state index contributed by atoms with van der Waals surface area (Å²) in [5, 5.41) is 1.59. The molecule has 0 unspecified atom stereocenters. The number of benzene rings is 2. The number of carbonyl (C=O) groups excluding carboxylic acids is 1. The summed E-state index contributed by atoms with van der Waals surface area (Å²) >= 11 is 7.68. The van der Waals surface area contributed by atoms with Crippen LogP contribution in [-0.2, 0) is 28.2 Å². The molecule has 1 spiro atoms. The van der Waals surface area contributed by atoms with E-state index in [4.69, 9.17) is 16.3 Å². The van der Waals surface area contributed by atoms with Crippen molar-refractivity contribution in [1.82, 2.24) is 4.90 Å². The molecular weight excluding hydrogens is 416 g/mol. The van der Waals surface area contributed by atoms with Crippen molar-refractivity contribution < 1.29 is 9.53 Å². The van der Waals surface area contributed by atoms with Gasteiger partial charge >= 0.3 is 0 Å². The Morgan fingerprint density at radius 3 is 2.77 bits per heavy atom. The van der Waals surface area contributed by atoms with Crippen LogP contribution in [0.4, 0.5) is 0 Å². The molecular formula is C24H21ClN2O2S. The standard InChI is InChI=1S/C24H21ClN2O2S/c25-17-6-8-18-15(13-17)5-7-19(18)21-22(28)26-23(30-21)27-11-9-24(10-12-27)20-4-2-1-3-16(20)14-29-24/h1-4,6,8,13H,5,7,9-12,14H2. The van der Waals surface area contributed by atoms with Gasteiger partial charge < -0.3 is 9.64 Å². The lowest BCUT2D eigenvalue weighted by molar-refractivity contribution is -0.113. The van der Waals surface area contributed by atoms with Gasteiger partial charge in [-0.3, -0.25) is 4.79 Å². The van der Waals surface area contributed by atoms with E-state index in [-0.39, 0.29) is 11.5 Å². The molecule has 3 aliphatic heterocycles. The van der Waals surface area contributed by atoms with Crippen LogP contribution in [-0.4, -0.2) is 29.1 Å². The van der Waals surface area contributed by atoms with Gasteiger partial charge in [0.2, 0.25) is 0 Å². The van der Waals surface area contributed by atoms with E-state index in [1.54, 1.807) is 0 Å². The van der Waals surface area contributed by atoms with Gasteiger partial charge in [0.15, 0.2) is 5.17 Å². The molecule has 1 aliphatic carbocycles. The molecule has 2 aromatic carbocycles. The summed E-state index contributed by atoms with van der Waals surface area (Å²) in [7, 11) is 0. The molecule has 0 bridgehead atoms. The second-order valence-electron chi connectivity index (χ2n) is 8.34. The number of allylic oxidation sites excluding steroid dienone is 1. The normalized spacial score (nSPS) is 24.4. The highest BCUT2D eigenvalue weighted by Crippen LogP contribution is 2.46. The van der Waals surface area contributed by atoms with Crippen molar-refractivity contribution in [1.29, 1.82) is 0 Å². The second kappa shape index (κ2) is 6.98. The topological polar surface area (TPSA) is 41.9 Å². The second-order valence-corrected chi connectivity index (χ2v) is 9.75. The van der Waals surface area contributed by atoms with E-state index >= 15 is 0 Å². The molecule has 1 saturated heterocycles. The lowest BCUT2D eigenvalue weighted by Gasteiger charge is -2.39. The van der Waals surface area contributed by atoms with Gasteiger partial charge in [0.1, 0.15) is 0 Å². The molecule has 2 aromatic rings. The SMILES string of the molecule is O=C1N=C(N2CCC3(CC2)OCc2ccccc23)SC1=C1CCc2cc(Cl)ccc21. The third kappa shape index (κ3) is 2.87. The summed E-state index contributed by atoms with van der Waals surface area (Å²) in [6.07, 6.45) is 3.65. The van der Waals surface area contributed by atoms with Crippen molar-refractivity contribution in [2.24, 2.45) is 4.99 Å². The zero-order valence-corrected chi connectivity index (χ0v) is 18.1. The van der Waals surface area contributed by atoms with Gasteiger partial charge in [-0.2, -0.15) is 4.99 Å². The van der Waals surface area contributed by atoms with Crippen LogP contribution < -0.4 is 0 Å². The Labute approximate surface area is 185 Å². The number of likely N-dealkylation sites (tertiary alicyclic amines) is 1. The van der Waals surface area contributed by atoms with E-state index in [2.05, 4.69) is 34.2 Å². The fourth-order valence-corrected chi connectivity index (χ4v) is 6.46. The molecule has 4 nitrogen and oxygen atoms in total. The minimum atomic E-state index is -0.175. The maximum absolute atomic E-state index is 12.8. The van der Waals surface area contributed by atoms with Crippen molar-refractivity contribution in [2.45, 2.75) is 37.9 Å². The van der Waals surface area contributed by atoms with Crippen LogP contribution in [0.3, 0.4) is 0 Å². The highest BCUT2D eigenvalue weighted by atomic mass is 35.5. The zero-order valence-electron chi connectivity index (χ0n) is 16.5. The number of aryl methyl sites for hydroxylation is 1. The monoisotopic (exact) mass is 436 g/mol. The summed E-state index contributed by atoms with van der Waals surface area (Å²) < 4.78 is 6.27. The summed E-state index contributed by atoms with van der Waals surface area (Å²) in [6.45, 7) is 2.40. The number of piperidine rings is 1. The highest BCUT2D eigenvalue weighted by Gasteiger charge is 2.44. The Kier molecular flexibility index (Phi) is 4.34. The molecule has 1 fully saturated rings. The molecule has 0 aromatic heterocycles. The third-order valence-electron chi connectivity index (χ3n) is 6.75. The van der Waals surface area contributed by atoms with E-state index < -0.39 is 0 Å². The summed E-state index contributed by atoms with van der Waals surface area (Å²) in [5.41, 5.74) is 5.97. The predicted octanol–water partition coefficient (Wildman–Crippen LogP) is 5.15. The highest BCUT2D eigenvalue weighted by molar-refractivity contribution is 8.18. The van der Waals surface area contributed by atoms with E-state index in [1.165, 1.54) is 28.5 Å². The van der Waals surface area contributed by atoms with Crippen molar-refractivity contribution in [3.63, 3.8) is 0 Å². The number of hydrogen-bond donors (Lipinski definition) is 0. The van der Waals surface area contributed by atoms with Crippen LogP contribution in [0.2, 0.25) is 5.02 Å². The molecule has 0 radical (unpaired) electrons. The maximum atomic E-state index is 12.8. The van der Waals surface area contributed by atoms with Crippen LogP contribution in [0.5, 0.6) is 0 Å². The number of rotatable bonds is 0. The molecule has 1 amide bonds. The number of amidine groups is 1. The molecule has 30 heavy (non-hydrogen) atoms. The lowest BCUT2D eigenvalue weighted by Crippen LogP contribution is -2.44. The minimum absolute atomic E-state index is 0.101. The summed E-state index contributed by atoms with van der Waals surface area (Å²) in [6, 6.07) is 14.5. The zero-order chi connectivity index (χ0) is 20.3. The number of amides is 1. The van der Waals surface area contributed by atoms with E-state index in [9.17, 15) is 4.79 Å². The lowest BCUT2D eigenvalue weighted by atomic mass is 9.84. The summed E-state index contributed by atoms with van der Waals surface area (Å²) in [5.74, 6) is -0.101. The Hall–Kier alpha value is -2.08. The van der Waals surface area contributed by atoms with Crippen molar-refractivity contribution in [2.75, 3.05) is 13.1 Å².